The number of furan rings is 1. The number of aryl methyl sites for hydroxylation is 1. The molecule has 22 heavy (non-hydrogen) atoms. The van der Waals surface area contributed by atoms with Crippen LogP contribution in [0.4, 0.5) is 4.39 Å². The lowest BCUT2D eigenvalue weighted by Gasteiger charge is -2.37. The largest absolute Gasteiger partial charge is 0.465 e. The molecule has 0 amide bonds. The molecule has 3 rings (SSSR count). The summed E-state index contributed by atoms with van der Waals surface area (Å²) in [4.78, 5) is 12.1. The van der Waals surface area contributed by atoms with E-state index < -0.39 is 11.6 Å². The van der Waals surface area contributed by atoms with E-state index in [4.69, 9.17) is 9.15 Å². The summed E-state index contributed by atoms with van der Waals surface area (Å²) >= 11 is 0. The number of hydrogen-bond acceptors (Lipinski definition) is 3. The van der Waals surface area contributed by atoms with Crippen LogP contribution in [-0.4, -0.2) is 5.97 Å². The summed E-state index contributed by atoms with van der Waals surface area (Å²) in [6.07, 6.45) is 3.51. The summed E-state index contributed by atoms with van der Waals surface area (Å²) in [6.45, 7) is 5.19. The molecule has 0 saturated heterocycles. The minimum Gasteiger partial charge on any atom is -0.465 e. The zero-order valence-corrected chi connectivity index (χ0v) is 12.4. The second-order valence-corrected chi connectivity index (χ2v) is 5.60. The Morgan fingerprint density at radius 3 is 2.86 bits per heavy atom. The number of carbonyl (C=O) groups excluding carboxylic acids is 1. The zero-order valence-electron chi connectivity index (χ0n) is 12.4. The van der Waals surface area contributed by atoms with Crippen molar-refractivity contribution in [2.24, 2.45) is 0 Å². The highest BCUT2D eigenvalue weighted by atomic mass is 19.1. The Kier molecular flexibility index (Phi) is 3.61. The molecule has 2 aromatic rings. The SMILES string of the molecule is C=C(C)C(=O)OC1(c2ccco2)CCCc2cccc(F)c21. The van der Waals surface area contributed by atoms with Gasteiger partial charge in [0.15, 0.2) is 11.4 Å². The highest BCUT2D eigenvalue weighted by Crippen LogP contribution is 2.45. The predicted molar refractivity (Wildman–Crippen MR) is 79.7 cm³/mol. The molecule has 0 fully saturated rings. The quantitative estimate of drug-likeness (QED) is 0.632. The fourth-order valence-electron chi connectivity index (χ4n) is 3.03. The molecule has 1 aromatic carbocycles. The molecule has 1 atom stereocenters. The molecular formula is C18H17FO3. The standard InChI is InChI=1S/C18H17FO3/c1-12(2)17(20)22-18(15-9-5-11-21-15)10-4-7-13-6-3-8-14(19)16(13)18/h3,5-6,8-9,11H,1,4,7,10H2,2H3. The fourth-order valence-corrected chi connectivity index (χ4v) is 3.03. The van der Waals surface area contributed by atoms with Gasteiger partial charge in [0.05, 0.1) is 6.26 Å². The molecule has 114 valence electrons. The zero-order chi connectivity index (χ0) is 15.7. The Bertz CT molecular complexity index is 718. The minimum atomic E-state index is -1.22. The van der Waals surface area contributed by atoms with Crippen molar-refractivity contribution in [3.63, 3.8) is 0 Å². The molecule has 1 unspecified atom stereocenters. The Morgan fingerprint density at radius 1 is 1.36 bits per heavy atom. The van der Waals surface area contributed by atoms with Crippen molar-refractivity contribution in [1.29, 1.82) is 0 Å². The van der Waals surface area contributed by atoms with E-state index in [0.717, 1.165) is 18.4 Å². The summed E-state index contributed by atoms with van der Waals surface area (Å²) in [7, 11) is 0. The maximum Gasteiger partial charge on any atom is 0.334 e. The lowest BCUT2D eigenvalue weighted by Crippen LogP contribution is -2.38. The average molecular weight is 300 g/mol. The van der Waals surface area contributed by atoms with Crippen LogP contribution in [0.5, 0.6) is 0 Å². The maximum atomic E-state index is 14.6. The number of hydrogen-bond donors (Lipinski definition) is 0. The Labute approximate surface area is 128 Å². The molecule has 0 spiro atoms. The van der Waals surface area contributed by atoms with E-state index in [0.29, 0.717) is 17.7 Å². The highest BCUT2D eigenvalue weighted by molar-refractivity contribution is 5.87. The van der Waals surface area contributed by atoms with Crippen molar-refractivity contribution in [3.8, 4) is 0 Å². The predicted octanol–water partition coefficient (Wildman–Crippen LogP) is 4.12. The third-order valence-electron chi connectivity index (χ3n) is 4.01. The van der Waals surface area contributed by atoms with Crippen LogP contribution in [0.1, 0.15) is 36.7 Å². The Balaban J connectivity index is 2.21. The molecule has 1 aromatic heterocycles. The molecule has 4 heteroatoms. The van der Waals surface area contributed by atoms with Gasteiger partial charge in [-0.1, -0.05) is 18.7 Å². The Morgan fingerprint density at radius 2 is 2.18 bits per heavy atom. The first-order valence-electron chi connectivity index (χ1n) is 7.25. The Hall–Kier alpha value is -2.36. The van der Waals surface area contributed by atoms with E-state index in [1.165, 1.54) is 12.3 Å². The van der Waals surface area contributed by atoms with E-state index in [9.17, 15) is 9.18 Å². The van der Waals surface area contributed by atoms with E-state index in [1.807, 2.05) is 6.07 Å². The minimum absolute atomic E-state index is 0.273. The van der Waals surface area contributed by atoms with Gasteiger partial charge in [-0.25, -0.2) is 9.18 Å². The first-order valence-corrected chi connectivity index (χ1v) is 7.25. The molecule has 0 N–H and O–H groups in total. The van der Waals surface area contributed by atoms with E-state index >= 15 is 0 Å². The second kappa shape index (κ2) is 5.44. The van der Waals surface area contributed by atoms with E-state index in [-0.39, 0.29) is 11.4 Å². The number of halogens is 1. The fraction of sp³-hybridized carbons (Fsp3) is 0.278. The van der Waals surface area contributed by atoms with Crippen molar-refractivity contribution in [1.82, 2.24) is 0 Å². The lowest BCUT2D eigenvalue weighted by atomic mass is 9.77. The summed E-state index contributed by atoms with van der Waals surface area (Å²) in [6, 6.07) is 8.35. The van der Waals surface area contributed by atoms with Crippen LogP contribution >= 0.6 is 0 Å². The van der Waals surface area contributed by atoms with Gasteiger partial charge in [-0.3, -0.25) is 0 Å². The normalized spacial score (nSPS) is 20.3. The summed E-state index contributed by atoms with van der Waals surface area (Å²) in [5, 5.41) is 0. The number of esters is 1. The third kappa shape index (κ3) is 2.25. The van der Waals surface area contributed by atoms with Gasteiger partial charge in [-0.15, -0.1) is 0 Å². The van der Waals surface area contributed by atoms with Crippen LogP contribution in [0.3, 0.4) is 0 Å². The molecule has 0 aliphatic heterocycles. The van der Waals surface area contributed by atoms with E-state index in [1.54, 1.807) is 25.1 Å². The van der Waals surface area contributed by atoms with Crippen LogP contribution in [0.2, 0.25) is 0 Å². The second-order valence-electron chi connectivity index (χ2n) is 5.60. The van der Waals surface area contributed by atoms with Gasteiger partial charge in [0.2, 0.25) is 0 Å². The average Bonchev–Trinajstić information content (AvgIpc) is 3.02. The monoisotopic (exact) mass is 300 g/mol. The first-order chi connectivity index (χ1) is 10.5. The molecule has 0 radical (unpaired) electrons. The molecule has 1 heterocycles. The van der Waals surface area contributed by atoms with Gasteiger partial charge in [0.25, 0.3) is 0 Å². The number of fused-ring (bicyclic) bond motifs is 1. The van der Waals surface area contributed by atoms with Gasteiger partial charge in [0.1, 0.15) is 5.82 Å². The van der Waals surface area contributed by atoms with Crippen LogP contribution in [0.25, 0.3) is 0 Å². The third-order valence-corrected chi connectivity index (χ3v) is 4.01. The first kappa shape index (κ1) is 14.6. The number of benzene rings is 1. The van der Waals surface area contributed by atoms with Crippen molar-refractivity contribution in [2.45, 2.75) is 31.8 Å². The molecular weight excluding hydrogens is 283 g/mol. The number of rotatable bonds is 3. The van der Waals surface area contributed by atoms with Crippen LogP contribution in [0, 0.1) is 5.82 Å². The molecule has 1 aliphatic carbocycles. The topological polar surface area (TPSA) is 39.4 Å². The van der Waals surface area contributed by atoms with Crippen molar-refractivity contribution in [3.05, 3.63) is 71.5 Å². The van der Waals surface area contributed by atoms with Gasteiger partial charge in [-0.05, 0) is 49.9 Å². The van der Waals surface area contributed by atoms with Crippen molar-refractivity contribution < 1.29 is 18.3 Å². The highest BCUT2D eigenvalue weighted by Gasteiger charge is 2.46. The van der Waals surface area contributed by atoms with Gasteiger partial charge >= 0.3 is 5.97 Å². The smallest absolute Gasteiger partial charge is 0.334 e. The van der Waals surface area contributed by atoms with Gasteiger partial charge in [0, 0.05) is 11.1 Å². The maximum absolute atomic E-state index is 14.6. The van der Waals surface area contributed by atoms with Gasteiger partial charge in [-0.2, -0.15) is 0 Å². The van der Waals surface area contributed by atoms with Crippen LogP contribution in [-0.2, 0) is 21.6 Å². The van der Waals surface area contributed by atoms with Crippen LogP contribution < -0.4 is 0 Å². The summed E-state index contributed by atoms with van der Waals surface area (Å²) < 4.78 is 25.8. The van der Waals surface area contributed by atoms with Crippen molar-refractivity contribution in [2.75, 3.05) is 0 Å². The van der Waals surface area contributed by atoms with E-state index in [2.05, 4.69) is 6.58 Å². The number of carbonyl (C=O) groups is 1. The van der Waals surface area contributed by atoms with Gasteiger partial charge < -0.3 is 9.15 Å². The molecule has 0 bridgehead atoms. The molecule has 0 saturated carbocycles. The van der Waals surface area contributed by atoms with Crippen molar-refractivity contribution >= 4 is 5.97 Å². The molecule has 3 nitrogen and oxygen atoms in total. The summed E-state index contributed by atoms with van der Waals surface area (Å²) in [5.74, 6) is -0.497. The molecule has 1 aliphatic rings. The lowest BCUT2D eigenvalue weighted by molar-refractivity contribution is -0.155. The number of ether oxygens (including phenoxy) is 1. The summed E-state index contributed by atoms with van der Waals surface area (Å²) in [5.41, 5.74) is 0.288. The van der Waals surface area contributed by atoms with Crippen LogP contribution in [0.15, 0.2) is 53.2 Å².